The predicted octanol–water partition coefficient (Wildman–Crippen LogP) is -0.761. The molecule has 0 saturated heterocycles. The summed E-state index contributed by atoms with van der Waals surface area (Å²) in [5.41, 5.74) is 6.96. The monoisotopic (exact) mass is 139 g/mol. The Morgan fingerprint density at radius 3 is 1.86 bits per heavy atom. The summed E-state index contributed by atoms with van der Waals surface area (Å²) in [4.78, 5) is 0. The van der Waals surface area contributed by atoms with Crippen LogP contribution >= 0.6 is 24.8 Å². The molecule has 3 nitrogen and oxygen atoms in total. The number of thiocarbonyl (C=S) groups is 1. The third-order valence-corrected chi connectivity index (χ3v) is 0. The number of thiol groups is 1. The maximum atomic E-state index is 4.71. The van der Waals surface area contributed by atoms with Crippen LogP contribution in [0.1, 0.15) is 0 Å². The van der Waals surface area contributed by atoms with Crippen molar-refractivity contribution in [1.29, 1.82) is 0 Å². The minimum Gasteiger partial charge on any atom is -0.385 e. The molecule has 0 rings (SSSR count). The van der Waals surface area contributed by atoms with Gasteiger partial charge in [0.25, 0.3) is 0 Å². The van der Waals surface area contributed by atoms with E-state index in [0.29, 0.717) is 0 Å². The number of rotatable bonds is 0. The average Bonchev–Trinajstić information content (AvgIpc) is 1.33. The molecule has 0 unspecified atom stereocenters. The summed E-state index contributed by atoms with van der Waals surface area (Å²) < 4.78 is 0.194. The summed E-state index contributed by atoms with van der Waals surface area (Å²) >= 11 is 7.65. The second-order valence-electron chi connectivity index (χ2n) is 0.627. The molecule has 0 aromatic rings. The molecule has 0 amide bonds. The van der Waals surface area contributed by atoms with E-state index in [9.17, 15) is 0 Å². The molecule has 0 aromatic heterocycles. The van der Waals surface area contributed by atoms with E-state index in [2.05, 4.69) is 36.1 Å². The first-order valence-corrected chi connectivity index (χ1v) is 2.36. The topological polar surface area (TPSA) is 64.1 Å². The molecule has 0 aliphatic rings. The van der Waals surface area contributed by atoms with Crippen LogP contribution in [-0.4, -0.2) is 11.4 Å². The molecule has 0 saturated carbocycles. The van der Waals surface area contributed by atoms with Crippen molar-refractivity contribution in [2.45, 2.75) is 0 Å². The van der Waals surface area contributed by atoms with E-state index in [4.69, 9.17) is 5.73 Å². The van der Waals surface area contributed by atoms with Crippen LogP contribution in [0, 0.1) is 0 Å². The maximum Gasteiger partial charge on any atom is 0.128 e. The van der Waals surface area contributed by atoms with E-state index in [1.807, 2.05) is 0 Å². The zero-order valence-corrected chi connectivity index (χ0v) is 5.72. The lowest BCUT2D eigenvalue weighted by Gasteiger charge is -1.64. The van der Waals surface area contributed by atoms with Crippen LogP contribution in [0.3, 0.4) is 0 Å². The van der Waals surface area contributed by atoms with Crippen molar-refractivity contribution >= 4 is 29.2 Å². The van der Waals surface area contributed by atoms with Crippen LogP contribution in [0.2, 0.25) is 0 Å². The average molecular weight is 139 g/mol. The van der Waals surface area contributed by atoms with Gasteiger partial charge in [-0.05, 0) is 7.05 Å². The summed E-state index contributed by atoms with van der Waals surface area (Å²) in [5, 5.41) is 0. The Morgan fingerprint density at radius 2 is 1.86 bits per heavy atom. The van der Waals surface area contributed by atoms with E-state index in [1.54, 1.807) is 7.05 Å². The normalized spacial score (nSPS) is 6.14. The second kappa shape index (κ2) is 9.48. The van der Waals surface area contributed by atoms with Crippen LogP contribution in [0.15, 0.2) is 0 Å². The zero-order valence-electron chi connectivity index (χ0n) is 4.01. The smallest absolute Gasteiger partial charge is 0.128 e. The van der Waals surface area contributed by atoms with Gasteiger partial charge in [0.1, 0.15) is 4.32 Å². The van der Waals surface area contributed by atoms with Gasteiger partial charge >= 0.3 is 0 Å². The third kappa shape index (κ3) is 4160. The predicted molar refractivity (Wildman–Crippen MR) is 39.0 cm³/mol. The molecule has 44 valence electrons. The van der Waals surface area contributed by atoms with Gasteiger partial charge in [-0.15, -0.1) is 12.6 Å². The summed E-state index contributed by atoms with van der Waals surface area (Å²) in [6.07, 6.45) is 0. The summed E-state index contributed by atoms with van der Waals surface area (Å²) in [7, 11) is 1.65. The molecule has 0 heterocycles. The lowest BCUT2D eigenvalue weighted by molar-refractivity contribution is 0.900. The molecule has 0 radical (unpaired) electrons. The van der Waals surface area contributed by atoms with Gasteiger partial charge in [0.05, 0.1) is 0 Å². The van der Waals surface area contributed by atoms with Crippen molar-refractivity contribution in [3.8, 4) is 0 Å². The molecule has 0 bridgehead atoms. The molecule has 0 atom stereocenters. The molecule has 5 N–H and O–H groups in total. The standard InChI is InChI=1S/CH6N2.CH3NS2/c1-3-2;2-1(3)4/h3H,2H2,1H3;(H3,2,3,4). The number of hydrogen-bond donors (Lipinski definition) is 4. The first-order chi connectivity index (χ1) is 3.15. The summed E-state index contributed by atoms with van der Waals surface area (Å²) in [5.74, 6) is 4.60. The Bertz CT molecular complexity index is 42.2. The summed E-state index contributed by atoms with van der Waals surface area (Å²) in [6, 6.07) is 0. The molecule has 0 aromatic carbocycles. The lowest BCUT2D eigenvalue weighted by Crippen LogP contribution is -2.13. The van der Waals surface area contributed by atoms with Crippen molar-refractivity contribution in [2.24, 2.45) is 11.6 Å². The fraction of sp³-hybridized carbons (Fsp3) is 0.500. The van der Waals surface area contributed by atoms with Gasteiger partial charge in [-0.1, -0.05) is 12.2 Å². The van der Waals surface area contributed by atoms with Gasteiger partial charge in [-0.25, -0.2) is 0 Å². The molecule has 0 spiro atoms. The number of nitrogens with one attached hydrogen (secondary N) is 1. The maximum absolute atomic E-state index is 4.71. The summed E-state index contributed by atoms with van der Waals surface area (Å²) in [6.45, 7) is 0. The number of hydrogen-bond acceptors (Lipinski definition) is 3. The highest BCUT2D eigenvalue weighted by Gasteiger charge is 1.55. The Morgan fingerprint density at radius 1 is 1.86 bits per heavy atom. The SMILES string of the molecule is CNN.NC(=S)S. The quantitative estimate of drug-likeness (QED) is 0.154. The highest BCUT2D eigenvalue weighted by molar-refractivity contribution is 8.10. The van der Waals surface area contributed by atoms with E-state index in [0.717, 1.165) is 0 Å². The molecule has 0 aliphatic heterocycles. The van der Waals surface area contributed by atoms with E-state index >= 15 is 0 Å². The molecule has 0 fully saturated rings. The molecular formula is C2H9N3S2. The Kier molecular flexibility index (Phi) is 13.8. The lowest BCUT2D eigenvalue weighted by atomic mass is 11.5. The highest BCUT2D eigenvalue weighted by Crippen LogP contribution is 1.63. The Labute approximate surface area is 53.8 Å². The van der Waals surface area contributed by atoms with Crippen LogP contribution in [-0.2, 0) is 0 Å². The van der Waals surface area contributed by atoms with Crippen molar-refractivity contribution in [3.63, 3.8) is 0 Å². The first-order valence-electron chi connectivity index (χ1n) is 1.51. The van der Waals surface area contributed by atoms with Crippen molar-refractivity contribution in [3.05, 3.63) is 0 Å². The van der Waals surface area contributed by atoms with E-state index in [1.165, 1.54) is 0 Å². The number of hydrazine groups is 1. The van der Waals surface area contributed by atoms with Crippen molar-refractivity contribution < 1.29 is 0 Å². The number of nitrogens with two attached hydrogens (primary N) is 2. The van der Waals surface area contributed by atoms with Crippen LogP contribution in [0.4, 0.5) is 0 Å². The minimum absolute atomic E-state index is 0.194. The fourth-order valence-corrected chi connectivity index (χ4v) is 0. The first kappa shape index (κ1) is 10.2. The highest BCUT2D eigenvalue weighted by atomic mass is 32.1. The molecule has 0 aliphatic carbocycles. The van der Waals surface area contributed by atoms with Gasteiger partial charge in [0.2, 0.25) is 0 Å². The largest absolute Gasteiger partial charge is 0.385 e. The molecule has 7 heavy (non-hydrogen) atoms. The van der Waals surface area contributed by atoms with Gasteiger partial charge in [0, 0.05) is 0 Å². The van der Waals surface area contributed by atoms with Gasteiger partial charge in [0.15, 0.2) is 0 Å². The molecule has 5 heteroatoms. The van der Waals surface area contributed by atoms with Gasteiger partial charge < -0.3 is 5.73 Å². The van der Waals surface area contributed by atoms with Crippen molar-refractivity contribution in [1.82, 2.24) is 5.43 Å². The van der Waals surface area contributed by atoms with Crippen LogP contribution < -0.4 is 17.0 Å². The van der Waals surface area contributed by atoms with E-state index in [-0.39, 0.29) is 4.32 Å². The zero-order chi connectivity index (χ0) is 6.28. The van der Waals surface area contributed by atoms with E-state index < -0.39 is 0 Å². The minimum atomic E-state index is 0.194. The van der Waals surface area contributed by atoms with Crippen LogP contribution in [0.25, 0.3) is 0 Å². The van der Waals surface area contributed by atoms with Crippen molar-refractivity contribution in [2.75, 3.05) is 7.05 Å². The van der Waals surface area contributed by atoms with Gasteiger partial charge in [-0.3, -0.25) is 11.3 Å². The third-order valence-electron chi connectivity index (χ3n) is 0. The second-order valence-corrected chi connectivity index (χ2v) is 1.85. The Balaban J connectivity index is 0. The molecular weight excluding hydrogens is 130 g/mol. The van der Waals surface area contributed by atoms with Gasteiger partial charge in [-0.2, -0.15) is 0 Å². The fourth-order valence-electron chi connectivity index (χ4n) is 0. The Hall–Kier alpha value is 0.160. The van der Waals surface area contributed by atoms with Crippen LogP contribution in [0.5, 0.6) is 0 Å².